The lowest BCUT2D eigenvalue weighted by atomic mass is 9.91. The number of nitrogens with one attached hydrogen (secondary N) is 2. The van der Waals surface area contributed by atoms with Crippen molar-refractivity contribution in [1.82, 2.24) is 10.2 Å². The molecule has 1 aromatic heterocycles. The molecule has 2 aromatic carbocycles. The Morgan fingerprint density at radius 3 is 2.61 bits per heavy atom. The van der Waals surface area contributed by atoms with Crippen molar-refractivity contribution in [2.24, 2.45) is 10.7 Å². The number of carbonyl (C=O) groups is 1. The summed E-state index contributed by atoms with van der Waals surface area (Å²) in [4.78, 5) is 29.1. The van der Waals surface area contributed by atoms with E-state index < -0.39 is 11.8 Å². The molecule has 140 valence electrons. The number of aromatic nitrogens is 2. The van der Waals surface area contributed by atoms with Crippen LogP contribution in [0.15, 0.2) is 58.3 Å². The maximum Gasteiger partial charge on any atom is 0.271 e. The van der Waals surface area contributed by atoms with Gasteiger partial charge in [0.1, 0.15) is 11.7 Å². The third-order valence-electron chi connectivity index (χ3n) is 4.73. The Bertz CT molecular complexity index is 1150. The molecular formula is C21H18N4O3. The SMILES string of the molecule is COc1ccc(C(C(N)=O)c2[nH][nH]c(=O)c2/C=C2/C=Nc3ccccc32)cc1. The Morgan fingerprint density at radius 1 is 1.14 bits per heavy atom. The number of H-pyrrole nitrogens is 2. The number of methoxy groups -OCH3 is 1. The largest absolute Gasteiger partial charge is 0.497 e. The van der Waals surface area contributed by atoms with Gasteiger partial charge in [0.25, 0.3) is 5.56 Å². The monoisotopic (exact) mass is 374 g/mol. The Kier molecular flexibility index (Phi) is 4.41. The predicted molar refractivity (Wildman–Crippen MR) is 108 cm³/mol. The summed E-state index contributed by atoms with van der Waals surface area (Å²) in [5, 5.41) is 5.38. The predicted octanol–water partition coefficient (Wildman–Crippen LogP) is 2.59. The van der Waals surface area contributed by atoms with Gasteiger partial charge in [-0.1, -0.05) is 30.3 Å². The van der Waals surface area contributed by atoms with E-state index in [-0.39, 0.29) is 5.56 Å². The number of nitrogens with two attached hydrogens (primary N) is 1. The van der Waals surface area contributed by atoms with Crippen LogP contribution < -0.4 is 16.0 Å². The number of aromatic amines is 2. The molecule has 7 heteroatoms. The van der Waals surface area contributed by atoms with E-state index in [4.69, 9.17) is 10.5 Å². The van der Waals surface area contributed by atoms with E-state index in [1.807, 2.05) is 24.3 Å². The van der Waals surface area contributed by atoms with Gasteiger partial charge in [-0.25, -0.2) is 0 Å². The molecule has 0 radical (unpaired) electrons. The molecule has 1 unspecified atom stereocenters. The minimum Gasteiger partial charge on any atom is -0.497 e. The smallest absolute Gasteiger partial charge is 0.271 e. The van der Waals surface area contributed by atoms with Crippen molar-refractivity contribution >= 4 is 29.5 Å². The van der Waals surface area contributed by atoms with Crippen LogP contribution in [0.5, 0.6) is 5.75 Å². The van der Waals surface area contributed by atoms with Crippen molar-refractivity contribution in [3.05, 3.63) is 81.3 Å². The number of rotatable bonds is 5. The van der Waals surface area contributed by atoms with Crippen LogP contribution in [0.2, 0.25) is 0 Å². The zero-order chi connectivity index (χ0) is 19.7. The summed E-state index contributed by atoms with van der Waals surface area (Å²) < 4.78 is 5.16. The van der Waals surface area contributed by atoms with Crippen molar-refractivity contribution < 1.29 is 9.53 Å². The van der Waals surface area contributed by atoms with Crippen LogP contribution >= 0.6 is 0 Å². The molecule has 0 bridgehead atoms. The summed E-state index contributed by atoms with van der Waals surface area (Å²) in [5.74, 6) is -0.721. The van der Waals surface area contributed by atoms with Crippen LogP contribution in [0.3, 0.4) is 0 Å². The van der Waals surface area contributed by atoms with Gasteiger partial charge in [-0.15, -0.1) is 0 Å². The Morgan fingerprint density at radius 2 is 1.89 bits per heavy atom. The number of primary amides is 1. The molecule has 0 fully saturated rings. The molecule has 1 aliphatic rings. The molecular weight excluding hydrogens is 356 g/mol. The van der Waals surface area contributed by atoms with E-state index in [9.17, 15) is 9.59 Å². The van der Waals surface area contributed by atoms with Crippen molar-refractivity contribution in [1.29, 1.82) is 0 Å². The van der Waals surface area contributed by atoms with Crippen LogP contribution in [-0.2, 0) is 4.79 Å². The topological polar surface area (TPSA) is 113 Å². The summed E-state index contributed by atoms with van der Waals surface area (Å²) in [7, 11) is 1.56. The maximum absolute atomic E-state index is 12.5. The van der Waals surface area contributed by atoms with Gasteiger partial charge in [0.05, 0.1) is 24.1 Å². The van der Waals surface area contributed by atoms with E-state index >= 15 is 0 Å². The number of hydrogen-bond donors (Lipinski definition) is 3. The van der Waals surface area contributed by atoms with Crippen molar-refractivity contribution in [3.63, 3.8) is 0 Å². The molecule has 0 saturated heterocycles. The minimum atomic E-state index is -0.815. The standard InChI is InChI=1S/C21H18N4O3/c1-28-14-8-6-12(7-9-14)18(20(22)26)19-16(21(27)25-24-19)10-13-11-23-17-5-3-2-4-15(13)17/h2-11,18H,1H3,(H2,22,26)(H2,24,25,27)/b13-10-. The Hall–Kier alpha value is -3.87. The normalized spacial score (nSPS) is 14.8. The Balaban J connectivity index is 1.81. The molecule has 0 aliphatic carbocycles. The van der Waals surface area contributed by atoms with Gasteiger partial charge in [-0.2, -0.15) is 0 Å². The lowest BCUT2D eigenvalue weighted by Crippen LogP contribution is -2.23. The number of amides is 1. The molecule has 2 heterocycles. The highest BCUT2D eigenvalue weighted by Gasteiger charge is 2.26. The molecule has 0 saturated carbocycles. The number of nitrogens with zero attached hydrogens (tertiary/aromatic N) is 1. The van der Waals surface area contributed by atoms with E-state index in [0.29, 0.717) is 22.6 Å². The number of allylic oxidation sites excluding steroid dienone is 1. The van der Waals surface area contributed by atoms with Gasteiger partial charge in [-0.05, 0) is 29.8 Å². The fourth-order valence-electron chi connectivity index (χ4n) is 3.33. The van der Waals surface area contributed by atoms with Crippen molar-refractivity contribution in [2.75, 3.05) is 7.11 Å². The average Bonchev–Trinajstić information content (AvgIpc) is 3.27. The lowest BCUT2D eigenvalue weighted by molar-refractivity contribution is -0.118. The number of para-hydroxylation sites is 1. The molecule has 4 rings (SSSR count). The van der Waals surface area contributed by atoms with E-state index in [1.165, 1.54) is 0 Å². The lowest BCUT2D eigenvalue weighted by Gasteiger charge is -2.14. The zero-order valence-corrected chi connectivity index (χ0v) is 15.1. The highest BCUT2D eigenvalue weighted by atomic mass is 16.5. The molecule has 1 amide bonds. The van der Waals surface area contributed by atoms with Crippen LogP contribution in [0.25, 0.3) is 11.6 Å². The highest BCUT2D eigenvalue weighted by molar-refractivity contribution is 6.21. The zero-order valence-electron chi connectivity index (χ0n) is 15.1. The average molecular weight is 374 g/mol. The second kappa shape index (κ2) is 7.03. The summed E-state index contributed by atoms with van der Waals surface area (Å²) in [6.45, 7) is 0. The van der Waals surface area contributed by atoms with Crippen molar-refractivity contribution in [3.8, 4) is 5.75 Å². The highest BCUT2D eigenvalue weighted by Crippen LogP contribution is 2.33. The first-order valence-corrected chi connectivity index (χ1v) is 8.67. The van der Waals surface area contributed by atoms with Gasteiger partial charge in [-0.3, -0.25) is 19.7 Å². The van der Waals surface area contributed by atoms with Crippen molar-refractivity contribution in [2.45, 2.75) is 5.92 Å². The van der Waals surface area contributed by atoms with Crippen LogP contribution in [0.4, 0.5) is 5.69 Å². The first-order chi connectivity index (χ1) is 13.6. The first-order valence-electron chi connectivity index (χ1n) is 8.67. The van der Waals surface area contributed by atoms with Crippen LogP contribution in [0.1, 0.15) is 28.3 Å². The van der Waals surface area contributed by atoms with E-state index in [0.717, 1.165) is 16.8 Å². The Labute approximate surface area is 160 Å². The first kappa shape index (κ1) is 17.5. The number of aliphatic imine (C=N–C) groups is 1. The minimum absolute atomic E-state index is 0.333. The molecule has 7 nitrogen and oxygen atoms in total. The third kappa shape index (κ3) is 3.03. The fraction of sp³-hybridized carbons (Fsp3) is 0.0952. The molecule has 0 spiro atoms. The molecule has 1 atom stereocenters. The number of ether oxygens (including phenoxy) is 1. The summed E-state index contributed by atoms with van der Waals surface area (Å²) in [6.07, 6.45) is 3.42. The van der Waals surface area contributed by atoms with Crippen LogP contribution in [-0.4, -0.2) is 29.4 Å². The fourth-order valence-corrected chi connectivity index (χ4v) is 3.33. The summed E-state index contributed by atoms with van der Waals surface area (Å²) in [5.41, 5.74) is 9.31. The molecule has 3 aromatic rings. The third-order valence-corrected chi connectivity index (χ3v) is 4.73. The van der Waals surface area contributed by atoms with Gasteiger partial charge >= 0.3 is 0 Å². The van der Waals surface area contributed by atoms with Gasteiger partial charge in [0.2, 0.25) is 5.91 Å². The van der Waals surface area contributed by atoms with Crippen LogP contribution in [0, 0.1) is 0 Å². The van der Waals surface area contributed by atoms with Gasteiger partial charge in [0.15, 0.2) is 0 Å². The van der Waals surface area contributed by atoms with Gasteiger partial charge < -0.3 is 15.6 Å². The summed E-state index contributed by atoms with van der Waals surface area (Å²) in [6, 6.07) is 14.6. The number of hydrogen-bond acceptors (Lipinski definition) is 4. The molecule has 1 aliphatic heterocycles. The number of carbonyl (C=O) groups excluding carboxylic acids is 1. The quantitative estimate of drug-likeness (QED) is 0.638. The summed E-state index contributed by atoms with van der Waals surface area (Å²) >= 11 is 0. The molecule has 4 N–H and O–H groups in total. The van der Waals surface area contributed by atoms with Gasteiger partial charge in [0, 0.05) is 17.4 Å². The van der Waals surface area contributed by atoms with E-state index in [2.05, 4.69) is 15.2 Å². The number of benzene rings is 2. The van der Waals surface area contributed by atoms with E-state index in [1.54, 1.807) is 43.7 Å². The molecule has 28 heavy (non-hydrogen) atoms. The number of fused-ring (bicyclic) bond motifs is 1. The second-order valence-corrected chi connectivity index (χ2v) is 6.39. The maximum atomic E-state index is 12.5. The second-order valence-electron chi connectivity index (χ2n) is 6.39.